The summed E-state index contributed by atoms with van der Waals surface area (Å²) in [4.78, 5) is -0.398. The molecule has 0 fully saturated rings. The molecule has 0 aliphatic carbocycles. The highest BCUT2D eigenvalue weighted by Crippen LogP contribution is 2.24. The third kappa shape index (κ3) is 9.09. The third-order valence-electron chi connectivity index (χ3n) is 6.34. The van der Waals surface area contributed by atoms with E-state index in [1.165, 1.54) is 60.7 Å². The van der Waals surface area contributed by atoms with E-state index in [0.717, 1.165) is 22.3 Å². The number of nitrogens with zero attached hydrogens (tertiary/aromatic N) is 4. The molecule has 230 valence electrons. The number of oxime groups is 2. The minimum Gasteiger partial charge on any atom is -0.263 e. The standard InChI is InChI=1S/C34H26N4O6S2/c1-25-3-7-27(8-4-25)11-17-31(23-35)37-43-45(39,40)33-19-13-29(14-20-33)30-15-21-34(22-16-30)46(41,42)44-38-32(24-36)18-12-28-9-5-26(2)6-10-28/h3-22H,1-2H3/b17-11+,18-12+,37-31-,38-32-. The summed E-state index contributed by atoms with van der Waals surface area (Å²) >= 11 is 0. The second kappa shape index (κ2) is 14.8. The molecule has 0 bridgehead atoms. The average molecular weight is 651 g/mol. The first-order chi connectivity index (χ1) is 22.0. The van der Waals surface area contributed by atoms with Crippen molar-refractivity contribution in [3.63, 3.8) is 0 Å². The van der Waals surface area contributed by atoms with Crippen molar-refractivity contribution in [1.29, 1.82) is 10.5 Å². The van der Waals surface area contributed by atoms with Crippen molar-refractivity contribution < 1.29 is 25.4 Å². The summed E-state index contributed by atoms with van der Waals surface area (Å²) in [6.07, 6.45) is 5.90. The first kappa shape index (κ1) is 33.1. The molecule has 0 amide bonds. The zero-order valence-electron chi connectivity index (χ0n) is 24.6. The molecule has 12 heteroatoms. The molecule has 0 heterocycles. The monoisotopic (exact) mass is 650 g/mol. The van der Waals surface area contributed by atoms with Gasteiger partial charge in [-0.05, 0) is 72.5 Å². The third-order valence-corrected chi connectivity index (χ3v) is 8.58. The van der Waals surface area contributed by atoms with Gasteiger partial charge in [-0.25, -0.2) is 0 Å². The number of benzene rings is 4. The first-order valence-electron chi connectivity index (χ1n) is 13.5. The minimum atomic E-state index is -4.33. The molecular weight excluding hydrogens is 625 g/mol. The molecule has 0 spiro atoms. The molecule has 46 heavy (non-hydrogen) atoms. The number of allylic oxidation sites excluding steroid dienone is 2. The fourth-order valence-electron chi connectivity index (χ4n) is 3.77. The van der Waals surface area contributed by atoms with Crippen LogP contribution in [0.4, 0.5) is 0 Å². The van der Waals surface area contributed by atoms with Crippen LogP contribution in [0.25, 0.3) is 23.3 Å². The Kier molecular flexibility index (Phi) is 10.6. The molecule has 0 saturated heterocycles. The first-order valence-corrected chi connectivity index (χ1v) is 16.3. The van der Waals surface area contributed by atoms with Crippen LogP contribution in [0.3, 0.4) is 0 Å². The van der Waals surface area contributed by atoms with Gasteiger partial charge in [-0.2, -0.15) is 27.4 Å². The highest BCUT2D eigenvalue weighted by atomic mass is 32.2. The summed E-state index contributed by atoms with van der Waals surface area (Å²) in [6, 6.07) is 29.7. The molecule has 0 aromatic heterocycles. The second-order valence-electron chi connectivity index (χ2n) is 9.77. The maximum Gasteiger partial charge on any atom is 0.358 e. The van der Waals surface area contributed by atoms with E-state index >= 15 is 0 Å². The summed E-state index contributed by atoms with van der Waals surface area (Å²) in [5, 5.41) is 25.6. The quantitative estimate of drug-likeness (QED) is 0.130. The van der Waals surface area contributed by atoms with Gasteiger partial charge in [0.15, 0.2) is 11.4 Å². The molecule has 0 aliphatic heterocycles. The predicted octanol–water partition coefficient (Wildman–Crippen LogP) is 6.57. The van der Waals surface area contributed by atoms with E-state index < -0.39 is 20.2 Å². The van der Waals surface area contributed by atoms with Crippen LogP contribution in [0.15, 0.2) is 129 Å². The van der Waals surface area contributed by atoms with E-state index in [1.54, 1.807) is 24.3 Å². The van der Waals surface area contributed by atoms with E-state index in [9.17, 15) is 27.4 Å². The Morgan fingerprint density at radius 1 is 0.565 bits per heavy atom. The molecule has 0 saturated carbocycles. The summed E-state index contributed by atoms with van der Waals surface area (Å²) < 4.78 is 60.1. The Morgan fingerprint density at radius 2 is 0.891 bits per heavy atom. The number of hydrogen-bond acceptors (Lipinski definition) is 10. The molecule has 0 aliphatic rings. The second-order valence-corrected chi connectivity index (χ2v) is 12.8. The number of rotatable bonds is 11. The van der Waals surface area contributed by atoms with Crippen LogP contribution in [0, 0.1) is 36.5 Å². The van der Waals surface area contributed by atoms with E-state index in [4.69, 9.17) is 8.57 Å². The van der Waals surface area contributed by atoms with Crippen molar-refractivity contribution in [3.8, 4) is 23.3 Å². The summed E-state index contributed by atoms with van der Waals surface area (Å²) in [5.74, 6) is 0. The van der Waals surface area contributed by atoms with Crippen LogP contribution in [-0.2, 0) is 28.8 Å². The largest absolute Gasteiger partial charge is 0.358 e. The molecule has 4 aromatic rings. The minimum absolute atomic E-state index is 0.199. The Morgan fingerprint density at radius 3 is 1.20 bits per heavy atom. The van der Waals surface area contributed by atoms with Gasteiger partial charge in [-0.15, -0.1) is 0 Å². The lowest BCUT2D eigenvalue weighted by molar-refractivity contribution is 0.339. The van der Waals surface area contributed by atoms with Crippen LogP contribution >= 0.6 is 0 Å². The van der Waals surface area contributed by atoms with E-state index in [-0.39, 0.29) is 21.2 Å². The predicted molar refractivity (Wildman–Crippen MR) is 175 cm³/mol. The lowest BCUT2D eigenvalue weighted by Crippen LogP contribution is -2.04. The summed E-state index contributed by atoms with van der Waals surface area (Å²) in [5.41, 5.74) is 4.42. The Bertz CT molecular complexity index is 1960. The molecule has 0 radical (unpaired) electrons. The molecule has 0 unspecified atom stereocenters. The lowest BCUT2D eigenvalue weighted by Gasteiger charge is -2.06. The van der Waals surface area contributed by atoms with Crippen molar-refractivity contribution in [2.45, 2.75) is 23.6 Å². The topological polar surface area (TPSA) is 159 Å². The number of nitriles is 2. The van der Waals surface area contributed by atoms with Crippen LogP contribution < -0.4 is 0 Å². The molecule has 0 atom stereocenters. The van der Waals surface area contributed by atoms with Gasteiger partial charge in [0.25, 0.3) is 0 Å². The maximum absolute atomic E-state index is 12.6. The van der Waals surface area contributed by atoms with E-state index in [2.05, 4.69) is 10.3 Å². The van der Waals surface area contributed by atoms with E-state index in [0.29, 0.717) is 11.1 Å². The zero-order chi connectivity index (χ0) is 33.2. The summed E-state index contributed by atoms with van der Waals surface area (Å²) in [7, 11) is -8.65. The van der Waals surface area contributed by atoms with Gasteiger partial charge >= 0.3 is 20.2 Å². The van der Waals surface area contributed by atoms with Crippen molar-refractivity contribution >= 4 is 43.8 Å². The Balaban J connectivity index is 1.41. The maximum atomic E-state index is 12.6. The van der Waals surface area contributed by atoms with Gasteiger partial charge in [-0.1, -0.05) is 106 Å². The van der Waals surface area contributed by atoms with Crippen LogP contribution in [0.2, 0.25) is 0 Å². The number of aryl methyl sites for hydroxylation is 2. The van der Waals surface area contributed by atoms with Gasteiger partial charge in [0, 0.05) is 0 Å². The highest BCUT2D eigenvalue weighted by Gasteiger charge is 2.18. The van der Waals surface area contributed by atoms with Crippen molar-refractivity contribution in [3.05, 3.63) is 131 Å². The number of hydrogen-bond donors (Lipinski definition) is 0. The fraction of sp³-hybridized carbons (Fsp3) is 0.0588. The van der Waals surface area contributed by atoms with Crippen LogP contribution in [0.1, 0.15) is 22.3 Å². The highest BCUT2D eigenvalue weighted by molar-refractivity contribution is 7.87. The van der Waals surface area contributed by atoms with Crippen LogP contribution in [-0.4, -0.2) is 28.3 Å². The van der Waals surface area contributed by atoms with Crippen LogP contribution in [0.5, 0.6) is 0 Å². The fourth-order valence-corrected chi connectivity index (χ4v) is 5.24. The SMILES string of the molecule is Cc1ccc(/C=C/C(C#N)=N/OS(=O)(=O)c2ccc(-c3ccc(S(=O)(=O)O/N=C(C#N)/C=C/c4ccc(C)cc4)cc3)cc2)cc1. The van der Waals surface area contributed by atoms with Gasteiger partial charge in [-0.3, -0.25) is 8.57 Å². The van der Waals surface area contributed by atoms with Gasteiger partial charge in [0.2, 0.25) is 0 Å². The smallest absolute Gasteiger partial charge is 0.263 e. The molecular formula is C34H26N4O6S2. The molecule has 4 rings (SSSR count). The van der Waals surface area contributed by atoms with Crippen molar-refractivity contribution in [2.24, 2.45) is 10.3 Å². The van der Waals surface area contributed by atoms with E-state index in [1.807, 2.05) is 62.4 Å². The van der Waals surface area contributed by atoms with Gasteiger partial charge < -0.3 is 0 Å². The van der Waals surface area contributed by atoms with Crippen molar-refractivity contribution in [2.75, 3.05) is 0 Å². The molecule has 4 aromatic carbocycles. The zero-order valence-corrected chi connectivity index (χ0v) is 26.2. The molecule has 10 nitrogen and oxygen atoms in total. The summed E-state index contributed by atoms with van der Waals surface area (Å²) in [6.45, 7) is 3.89. The Labute approximate surface area is 267 Å². The molecule has 0 N–H and O–H groups in total. The average Bonchev–Trinajstić information content (AvgIpc) is 3.06. The lowest BCUT2D eigenvalue weighted by atomic mass is 10.1. The van der Waals surface area contributed by atoms with Crippen molar-refractivity contribution in [1.82, 2.24) is 0 Å². The van der Waals surface area contributed by atoms with Gasteiger partial charge in [0.1, 0.15) is 21.9 Å². The normalized spacial score (nSPS) is 12.5. The van der Waals surface area contributed by atoms with Gasteiger partial charge in [0.05, 0.1) is 0 Å². The Hall–Kier alpha value is -5.82.